The average molecular weight is 338 g/mol. The van der Waals surface area contributed by atoms with Gasteiger partial charge in [-0.05, 0) is 36.8 Å². The van der Waals surface area contributed by atoms with E-state index in [1.807, 2.05) is 19.1 Å². The van der Waals surface area contributed by atoms with Crippen molar-refractivity contribution < 1.29 is 8.42 Å². The molecule has 0 fully saturated rings. The maximum Gasteiger partial charge on any atom is 0.282 e. The van der Waals surface area contributed by atoms with Crippen molar-refractivity contribution in [2.45, 2.75) is 11.8 Å². The van der Waals surface area contributed by atoms with Crippen molar-refractivity contribution in [1.82, 2.24) is 0 Å². The van der Waals surface area contributed by atoms with Gasteiger partial charge in [0, 0.05) is 10.7 Å². The molecular weight excluding hydrogens is 326 g/mol. The molecule has 0 aliphatic rings. The van der Waals surface area contributed by atoms with Crippen molar-refractivity contribution >= 4 is 32.2 Å². The summed E-state index contributed by atoms with van der Waals surface area (Å²) in [5, 5.41) is 0. The molecule has 3 nitrogen and oxygen atoms in total. The van der Waals surface area contributed by atoms with Gasteiger partial charge in [0.2, 0.25) is 0 Å². The third-order valence-electron chi connectivity index (χ3n) is 2.53. The topological polar surface area (TPSA) is 46.5 Å². The van der Waals surface area contributed by atoms with E-state index in [1.165, 1.54) is 6.21 Å². The van der Waals surface area contributed by atoms with Crippen LogP contribution in [0.15, 0.2) is 62.3 Å². The van der Waals surface area contributed by atoms with Gasteiger partial charge in [-0.3, -0.25) is 0 Å². The summed E-state index contributed by atoms with van der Waals surface area (Å²) in [5.74, 6) is 0. The number of sulfonamides is 1. The van der Waals surface area contributed by atoms with Crippen molar-refractivity contribution in [3.63, 3.8) is 0 Å². The smallest absolute Gasteiger partial charge is 0.199 e. The fraction of sp³-hybridized carbons (Fsp3) is 0.0714. The van der Waals surface area contributed by atoms with E-state index in [0.717, 1.165) is 15.6 Å². The van der Waals surface area contributed by atoms with E-state index in [0.29, 0.717) is 0 Å². The van der Waals surface area contributed by atoms with Gasteiger partial charge in [-0.25, -0.2) is 0 Å². The van der Waals surface area contributed by atoms with Gasteiger partial charge >= 0.3 is 0 Å². The summed E-state index contributed by atoms with van der Waals surface area (Å²) < 4.78 is 28.6. The lowest BCUT2D eigenvalue weighted by atomic mass is 10.2. The van der Waals surface area contributed by atoms with Crippen LogP contribution in [0.2, 0.25) is 0 Å². The Kier molecular flexibility index (Phi) is 4.17. The molecule has 98 valence electrons. The number of aryl methyl sites for hydroxylation is 1. The summed E-state index contributed by atoms with van der Waals surface area (Å²) in [6.45, 7) is 1.90. The predicted octanol–water partition coefficient (Wildman–Crippen LogP) is 3.57. The monoisotopic (exact) mass is 337 g/mol. The molecule has 0 radical (unpaired) electrons. The van der Waals surface area contributed by atoms with Gasteiger partial charge in [0.1, 0.15) is 0 Å². The molecule has 2 aromatic carbocycles. The molecular formula is C14H12BrNO2S. The van der Waals surface area contributed by atoms with E-state index in [1.54, 1.807) is 36.4 Å². The molecule has 0 amide bonds. The maximum atomic E-state index is 12.0. The van der Waals surface area contributed by atoms with Gasteiger partial charge in [0.25, 0.3) is 10.0 Å². The van der Waals surface area contributed by atoms with Gasteiger partial charge in [-0.1, -0.05) is 45.8 Å². The minimum absolute atomic E-state index is 0.200. The molecule has 0 N–H and O–H groups in total. The van der Waals surface area contributed by atoms with Gasteiger partial charge in [0.15, 0.2) is 0 Å². The molecule has 2 aromatic rings. The lowest BCUT2D eigenvalue weighted by Gasteiger charge is -1.99. The molecule has 0 spiro atoms. The zero-order valence-corrected chi connectivity index (χ0v) is 12.6. The van der Waals surface area contributed by atoms with Crippen LogP contribution in [0, 0.1) is 6.92 Å². The maximum absolute atomic E-state index is 12.0. The summed E-state index contributed by atoms with van der Waals surface area (Å²) in [6.07, 6.45) is 1.35. The molecule has 0 aliphatic carbocycles. The third kappa shape index (κ3) is 3.75. The first kappa shape index (κ1) is 14.0. The Labute approximate surface area is 121 Å². The van der Waals surface area contributed by atoms with E-state index in [-0.39, 0.29) is 4.90 Å². The number of nitrogens with zero attached hydrogens (tertiary/aromatic N) is 1. The highest BCUT2D eigenvalue weighted by molar-refractivity contribution is 9.10. The van der Waals surface area contributed by atoms with Crippen molar-refractivity contribution in [3.8, 4) is 0 Å². The van der Waals surface area contributed by atoms with Crippen LogP contribution in [-0.2, 0) is 10.0 Å². The summed E-state index contributed by atoms with van der Waals surface area (Å²) in [6, 6.07) is 13.9. The molecule has 0 saturated heterocycles. The first-order chi connectivity index (χ1) is 8.97. The molecule has 0 bridgehead atoms. The Hall–Kier alpha value is -1.46. The van der Waals surface area contributed by atoms with Crippen LogP contribution in [0.25, 0.3) is 0 Å². The second kappa shape index (κ2) is 5.67. The molecule has 0 heterocycles. The fourth-order valence-electron chi connectivity index (χ4n) is 1.45. The van der Waals surface area contributed by atoms with Crippen molar-refractivity contribution in [3.05, 3.63) is 64.1 Å². The van der Waals surface area contributed by atoms with Crippen LogP contribution in [0.3, 0.4) is 0 Å². The number of halogens is 1. The quantitative estimate of drug-likeness (QED) is 0.804. The van der Waals surface area contributed by atoms with Crippen molar-refractivity contribution in [1.29, 1.82) is 0 Å². The van der Waals surface area contributed by atoms with Crippen LogP contribution in [-0.4, -0.2) is 14.6 Å². The highest BCUT2D eigenvalue weighted by Gasteiger charge is 2.10. The first-order valence-electron chi connectivity index (χ1n) is 5.60. The second-order valence-electron chi connectivity index (χ2n) is 4.07. The fourth-order valence-corrected chi connectivity index (χ4v) is 2.58. The molecule has 0 aromatic heterocycles. The minimum atomic E-state index is -3.63. The van der Waals surface area contributed by atoms with Gasteiger partial charge < -0.3 is 0 Å². The lowest BCUT2D eigenvalue weighted by molar-refractivity contribution is 0.598. The van der Waals surface area contributed by atoms with Crippen LogP contribution in [0.5, 0.6) is 0 Å². The Bertz CT molecular complexity index is 689. The summed E-state index contributed by atoms with van der Waals surface area (Å²) >= 11 is 3.32. The van der Waals surface area contributed by atoms with Crippen molar-refractivity contribution in [2.75, 3.05) is 0 Å². The van der Waals surface area contributed by atoms with Crippen LogP contribution < -0.4 is 0 Å². The highest BCUT2D eigenvalue weighted by atomic mass is 79.9. The molecule has 0 saturated carbocycles. The van der Waals surface area contributed by atoms with E-state index in [4.69, 9.17) is 0 Å². The normalized spacial score (nSPS) is 11.9. The molecule has 19 heavy (non-hydrogen) atoms. The third-order valence-corrected chi connectivity index (χ3v) is 4.31. The molecule has 0 aliphatic heterocycles. The van der Waals surface area contributed by atoms with Crippen LogP contribution >= 0.6 is 15.9 Å². The number of hydrogen-bond acceptors (Lipinski definition) is 2. The van der Waals surface area contributed by atoms with Gasteiger partial charge in [-0.2, -0.15) is 12.8 Å². The molecule has 5 heteroatoms. The zero-order valence-electron chi connectivity index (χ0n) is 10.2. The number of rotatable bonds is 3. The standard InChI is InChI=1S/C14H12BrNO2S/c1-11-2-8-14(9-3-11)19(17,18)16-10-12-4-6-13(15)7-5-12/h2-10H,1H3. The second-order valence-corrected chi connectivity index (χ2v) is 6.62. The van der Waals surface area contributed by atoms with Crippen LogP contribution in [0.4, 0.5) is 0 Å². The molecule has 0 atom stereocenters. The Morgan fingerprint density at radius 2 is 1.58 bits per heavy atom. The largest absolute Gasteiger partial charge is 0.282 e. The lowest BCUT2D eigenvalue weighted by Crippen LogP contribution is -1.97. The molecule has 2 rings (SSSR count). The summed E-state index contributed by atoms with van der Waals surface area (Å²) in [5.41, 5.74) is 1.75. The van der Waals surface area contributed by atoms with E-state index < -0.39 is 10.0 Å². The summed E-state index contributed by atoms with van der Waals surface area (Å²) in [7, 11) is -3.63. The molecule has 0 unspecified atom stereocenters. The highest BCUT2D eigenvalue weighted by Crippen LogP contribution is 2.14. The van der Waals surface area contributed by atoms with Crippen LogP contribution in [0.1, 0.15) is 11.1 Å². The van der Waals surface area contributed by atoms with E-state index >= 15 is 0 Å². The van der Waals surface area contributed by atoms with Crippen molar-refractivity contribution in [2.24, 2.45) is 4.40 Å². The SMILES string of the molecule is Cc1ccc(S(=O)(=O)N=Cc2ccc(Br)cc2)cc1. The predicted molar refractivity (Wildman–Crippen MR) is 80.1 cm³/mol. The number of hydrogen-bond donors (Lipinski definition) is 0. The Balaban J connectivity index is 2.26. The Morgan fingerprint density at radius 3 is 2.16 bits per heavy atom. The first-order valence-corrected chi connectivity index (χ1v) is 7.83. The minimum Gasteiger partial charge on any atom is -0.199 e. The Morgan fingerprint density at radius 1 is 1.00 bits per heavy atom. The van der Waals surface area contributed by atoms with E-state index in [9.17, 15) is 8.42 Å². The van der Waals surface area contributed by atoms with Gasteiger partial charge in [-0.15, -0.1) is 0 Å². The summed E-state index contributed by atoms with van der Waals surface area (Å²) in [4.78, 5) is 0.200. The van der Waals surface area contributed by atoms with Gasteiger partial charge in [0.05, 0.1) is 4.90 Å². The average Bonchev–Trinajstić information content (AvgIpc) is 2.39. The number of benzene rings is 2. The van der Waals surface area contributed by atoms with E-state index in [2.05, 4.69) is 20.3 Å². The zero-order chi connectivity index (χ0) is 13.9.